The van der Waals surface area contributed by atoms with E-state index in [0.29, 0.717) is 5.88 Å². The molecule has 0 amide bonds. The Kier molecular flexibility index (Phi) is 10.9. The number of hydrogen-bond acceptors (Lipinski definition) is 6. The minimum atomic E-state index is -0.0844. The van der Waals surface area contributed by atoms with Crippen LogP contribution in [0.1, 0.15) is 34.0 Å². The van der Waals surface area contributed by atoms with Crippen LogP contribution >= 0.6 is 23.4 Å². The maximum Gasteiger partial charge on any atom is 0.325 e. The van der Waals surface area contributed by atoms with Gasteiger partial charge in [-0.1, -0.05) is 72.4 Å². The summed E-state index contributed by atoms with van der Waals surface area (Å²) in [5.74, 6) is 2.07. The Bertz CT molecular complexity index is 2460. The number of hydrogen-bond donors (Lipinski definition) is 1. The molecule has 0 aliphatic rings. The zero-order chi connectivity index (χ0) is 36.1. The number of fused-ring (bicyclic) bond motifs is 2. The lowest BCUT2D eigenvalue weighted by atomic mass is 10.2. The topological polar surface area (TPSA) is 103 Å². The van der Waals surface area contributed by atoms with E-state index in [1.54, 1.807) is 25.0 Å². The Balaban J connectivity index is 0.000000145. The van der Waals surface area contributed by atoms with Crippen molar-refractivity contribution in [1.82, 2.24) is 42.9 Å². The maximum absolute atomic E-state index is 11.1. The van der Waals surface area contributed by atoms with E-state index >= 15 is 0 Å². The first-order valence-corrected chi connectivity index (χ1v) is 18.0. The highest BCUT2D eigenvalue weighted by molar-refractivity contribution is 7.98. The number of rotatable bonds is 6. The Morgan fingerprint density at radius 2 is 1.35 bits per heavy atom. The maximum atomic E-state index is 11.1. The van der Waals surface area contributed by atoms with Gasteiger partial charge in [-0.25, -0.2) is 24.7 Å². The molecule has 0 fully saturated rings. The largest absolute Gasteiger partial charge is 0.328 e. The Labute approximate surface area is 305 Å². The summed E-state index contributed by atoms with van der Waals surface area (Å²) in [6.07, 6.45) is 7.95. The van der Waals surface area contributed by atoms with Crippen LogP contribution in [0.3, 0.4) is 0 Å². The molecule has 0 radical (unpaired) electrons. The monoisotopic (exact) mass is 717 g/mol. The van der Waals surface area contributed by atoms with E-state index in [1.165, 1.54) is 10.3 Å². The average molecular weight is 718 g/mol. The molecule has 0 saturated heterocycles. The van der Waals surface area contributed by atoms with Crippen LogP contribution in [0, 0.1) is 27.7 Å². The Hall–Kier alpha value is -5.39. The van der Waals surface area contributed by atoms with E-state index in [-0.39, 0.29) is 5.69 Å². The second-order valence-electron chi connectivity index (χ2n) is 12.3. The van der Waals surface area contributed by atoms with Crippen molar-refractivity contribution in [3.05, 3.63) is 148 Å². The molecule has 0 unspecified atom stereocenters. The van der Waals surface area contributed by atoms with Crippen molar-refractivity contribution >= 4 is 34.8 Å². The van der Waals surface area contributed by atoms with Gasteiger partial charge in [-0.05, 0) is 57.0 Å². The van der Waals surface area contributed by atoms with E-state index in [0.717, 1.165) is 73.2 Å². The Morgan fingerprint density at radius 1 is 0.706 bits per heavy atom. The predicted octanol–water partition coefficient (Wildman–Crippen LogP) is 8.11. The van der Waals surface area contributed by atoms with Gasteiger partial charge >= 0.3 is 5.69 Å². The third-order valence-electron chi connectivity index (χ3n) is 8.13. The quantitative estimate of drug-likeness (QED) is 0.138. The van der Waals surface area contributed by atoms with Gasteiger partial charge in [0.05, 0.1) is 17.1 Å². The van der Waals surface area contributed by atoms with E-state index in [1.807, 2.05) is 86.1 Å². The van der Waals surface area contributed by atoms with Crippen molar-refractivity contribution in [2.24, 2.45) is 14.1 Å². The molecule has 10 nitrogen and oxygen atoms in total. The van der Waals surface area contributed by atoms with Crippen LogP contribution in [0.4, 0.5) is 0 Å². The Morgan fingerprint density at radius 3 is 2.00 bits per heavy atom. The van der Waals surface area contributed by atoms with Crippen LogP contribution in [0.25, 0.3) is 33.9 Å². The second kappa shape index (κ2) is 15.7. The molecule has 0 saturated carbocycles. The summed E-state index contributed by atoms with van der Waals surface area (Å²) >= 11 is 7.44. The van der Waals surface area contributed by atoms with E-state index in [2.05, 4.69) is 79.4 Å². The number of thioether (sulfide) groups is 1. The summed E-state index contributed by atoms with van der Waals surface area (Å²) < 4.78 is 7.69. The molecule has 51 heavy (non-hydrogen) atoms. The molecule has 260 valence electrons. The zero-order valence-corrected chi connectivity index (χ0v) is 31.1. The van der Waals surface area contributed by atoms with Gasteiger partial charge < -0.3 is 18.5 Å². The number of nitrogens with one attached hydrogen (secondary N) is 1. The van der Waals surface area contributed by atoms with Gasteiger partial charge in [0.2, 0.25) is 5.78 Å². The number of aromatic amines is 1. The molecule has 8 aromatic rings. The molecule has 6 aromatic heterocycles. The van der Waals surface area contributed by atoms with Gasteiger partial charge in [-0.2, -0.15) is 0 Å². The SMILES string of the molecule is Cc1cc(C)n2cc(CCl)cc2n1.Cc1cc(C)n2cc(CSc3nc(-c4ccccc4)cn3C)nc2n1.Cn1cc(-c2ccccc2)[nH]c1=O. The first kappa shape index (κ1) is 35.4. The molecular weight excluding hydrogens is 678 g/mol. The molecule has 1 N–H and O–H groups in total. The molecular formula is C39H40ClN9OS. The minimum Gasteiger partial charge on any atom is -0.328 e. The first-order valence-electron chi connectivity index (χ1n) is 16.4. The van der Waals surface area contributed by atoms with Gasteiger partial charge in [0.15, 0.2) is 5.16 Å². The lowest BCUT2D eigenvalue weighted by Crippen LogP contribution is -2.11. The summed E-state index contributed by atoms with van der Waals surface area (Å²) in [4.78, 5) is 32.2. The highest BCUT2D eigenvalue weighted by Gasteiger charge is 2.11. The summed E-state index contributed by atoms with van der Waals surface area (Å²) in [5, 5.41) is 0.983. The fourth-order valence-electron chi connectivity index (χ4n) is 5.64. The van der Waals surface area contributed by atoms with Crippen molar-refractivity contribution in [3.8, 4) is 22.5 Å². The number of benzene rings is 2. The third-order valence-corrected chi connectivity index (χ3v) is 9.52. The molecule has 0 aliphatic carbocycles. The van der Waals surface area contributed by atoms with Gasteiger partial charge in [0, 0.05) is 78.9 Å². The van der Waals surface area contributed by atoms with Crippen LogP contribution in [-0.2, 0) is 25.7 Å². The van der Waals surface area contributed by atoms with Gasteiger partial charge in [0.1, 0.15) is 5.65 Å². The molecule has 8 rings (SSSR count). The summed E-state index contributed by atoms with van der Waals surface area (Å²) in [5.41, 5.74) is 11.4. The number of halogens is 1. The lowest BCUT2D eigenvalue weighted by molar-refractivity contribution is 0.790. The average Bonchev–Trinajstić information content (AvgIpc) is 3.91. The molecule has 6 heterocycles. The summed E-state index contributed by atoms with van der Waals surface area (Å²) in [7, 11) is 3.76. The molecule has 0 bridgehead atoms. The van der Waals surface area contributed by atoms with Crippen molar-refractivity contribution in [3.63, 3.8) is 0 Å². The number of H-pyrrole nitrogens is 1. The van der Waals surface area contributed by atoms with E-state index in [4.69, 9.17) is 16.6 Å². The fourth-order valence-corrected chi connectivity index (χ4v) is 6.62. The zero-order valence-electron chi connectivity index (χ0n) is 29.5. The summed E-state index contributed by atoms with van der Waals surface area (Å²) in [6, 6.07) is 26.2. The smallest absolute Gasteiger partial charge is 0.325 e. The van der Waals surface area contributed by atoms with E-state index < -0.39 is 0 Å². The van der Waals surface area contributed by atoms with Crippen LogP contribution in [0.2, 0.25) is 0 Å². The highest BCUT2D eigenvalue weighted by atomic mass is 35.5. The number of alkyl halides is 1. The molecule has 12 heteroatoms. The van der Waals surface area contributed by atoms with E-state index in [9.17, 15) is 4.79 Å². The van der Waals surface area contributed by atoms with Gasteiger partial charge in [0.25, 0.3) is 0 Å². The molecule has 0 spiro atoms. The highest BCUT2D eigenvalue weighted by Crippen LogP contribution is 2.26. The van der Waals surface area contributed by atoms with Crippen molar-refractivity contribution in [2.75, 3.05) is 0 Å². The lowest BCUT2D eigenvalue weighted by Gasteiger charge is -2.00. The minimum absolute atomic E-state index is 0.0844. The van der Waals surface area contributed by atoms with Crippen molar-refractivity contribution in [1.29, 1.82) is 0 Å². The third kappa shape index (κ3) is 8.50. The van der Waals surface area contributed by atoms with Crippen molar-refractivity contribution < 1.29 is 0 Å². The number of imidazole rings is 3. The number of nitrogens with zero attached hydrogens (tertiary/aromatic N) is 8. The number of aromatic nitrogens is 9. The number of aryl methyl sites for hydroxylation is 6. The van der Waals surface area contributed by atoms with Gasteiger partial charge in [-0.3, -0.25) is 4.40 Å². The predicted molar refractivity (Wildman–Crippen MR) is 206 cm³/mol. The van der Waals surface area contributed by atoms with Crippen LogP contribution in [-0.4, -0.2) is 42.9 Å². The standard InChI is InChI=1S/C19H19N5S.C10H11ClN2.C10H10N2O/c1-13-9-14(2)24-10-16(21-18(24)20-13)12-25-19-22-17(11-23(19)3)15-7-5-4-6-8-15;1-7-3-8(2)13-6-9(5-11)4-10(13)12-7;1-12-7-9(11-10(12)13)8-5-3-2-4-6-8/h4-11H,12H2,1-3H3;3-4,6H,5H2,1-2H3;2-7H,1H3,(H,11,13). The normalized spacial score (nSPS) is 11.0. The molecule has 2 aromatic carbocycles. The first-order chi connectivity index (χ1) is 24.6. The van der Waals surface area contributed by atoms with Crippen LogP contribution < -0.4 is 5.69 Å². The fraction of sp³-hybridized carbons (Fsp3) is 0.205. The van der Waals surface area contributed by atoms with Gasteiger partial charge in [-0.15, -0.1) is 11.6 Å². The summed E-state index contributed by atoms with van der Waals surface area (Å²) in [6.45, 7) is 8.14. The van der Waals surface area contributed by atoms with Crippen LogP contribution in [0.15, 0.2) is 114 Å². The van der Waals surface area contributed by atoms with Crippen molar-refractivity contribution in [2.45, 2.75) is 44.5 Å². The molecule has 0 aliphatic heterocycles. The van der Waals surface area contributed by atoms with Crippen LogP contribution in [0.5, 0.6) is 0 Å². The molecule has 0 atom stereocenters. The second-order valence-corrected chi connectivity index (χ2v) is 13.5.